The average molecular weight is 446 g/mol. The summed E-state index contributed by atoms with van der Waals surface area (Å²) in [6.07, 6.45) is 0.0624. The Hall–Kier alpha value is -1.53. The van der Waals surface area contributed by atoms with Crippen molar-refractivity contribution >= 4 is 30.3 Å². The van der Waals surface area contributed by atoms with Crippen LogP contribution < -0.4 is 9.64 Å². The zero-order valence-electron chi connectivity index (χ0n) is 15.3. The van der Waals surface area contributed by atoms with Crippen LogP contribution in [0, 0.1) is 13.8 Å². The summed E-state index contributed by atoms with van der Waals surface area (Å²) in [5.41, 5.74) is 4.92. The number of aromatic hydroxyl groups is 1. The molecule has 0 atom stereocenters. The maximum atomic E-state index is 10.9. The lowest BCUT2D eigenvalue weighted by Gasteiger charge is -2.17. The SMILES string of the molecule is Br.Cc1cc(OCP(=O)(O)O)cc(C)c1Cc1ccc(O)c(N(C)C)c1. The van der Waals surface area contributed by atoms with Crippen molar-refractivity contribution in [3.63, 3.8) is 0 Å². The third-order valence-electron chi connectivity index (χ3n) is 3.97. The van der Waals surface area contributed by atoms with E-state index in [1.165, 1.54) is 0 Å². The highest BCUT2D eigenvalue weighted by atomic mass is 79.9. The summed E-state index contributed by atoms with van der Waals surface area (Å²) in [4.78, 5) is 19.7. The van der Waals surface area contributed by atoms with Gasteiger partial charge in [-0.2, -0.15) is 0 Å². The van der Waals surface area contributed by atoms with E-state index in [4.69, 9.17) is 14.5 Å². The van der Waals surface area contributed by atoms with Gasteiger partial charge in [-0.3, -0.25) is 4.57 Å². The van der Waals surface area contributed by atoms with Crippen molar-refractivity contribution in [2.24, 2.45) is 0 Å². The van der Waals surface area contributed by atoms with Gasteiger partial charge >= 0.3 is 7.60 Å². The Morgan fingerprint density at radius 3 is 2.15 bits per heavy atom. The van der Waals surface area contributed by atoms with E-state index in [0.29, 0.717) is 12.2 Å². The molecule has 2 aromatic carbocycles. The fourth-order valence-corrected chi connectivity index (χ4v) is 3.03. The predicted octanol–water partition coefficient (Wildman–Crippen LogP) is 3.76. The molecule has 0 aliphatic rings. The molecule has 0 saturated heterocycles. The Labute approximate surface area is 164 Å². The molecule has 26 heavy (non-hydrogen) atoms. The third-order valence-corrected chi connectivity index (χ3v) is 4.44. The molecule has 0 aliphatic carbocycles. The van der Waals surface area contributed by atoms with Crippen molar-refractivity contribution in [1.29, 1.82) is 0 Å². The van der Waals surface area contributed by atoms with Crippen molar-refractivity contribution in [2.45, 2.75) is 20.3 Å². The third kappa shape index (κ3) is 6.02. The van der Waals surface area contributed by atoms with Crippen molar-refractivity contribution < 1.29 is 24.2 Å². The first-order valence-corrected chi connectivity index (χ1v) is 9.63. The van der Waals surface area contributed by atoms with Gasteiger partial charge in [0.2, 0.25) is 0 Å². The maximum Gasteiger partial charge on any atom is 0.362 e. The standard InChI is InChI=1S/C18H24NO5P.BrH/c1-12-7-15(24-11-25(21,22)23)8-13(2)16(12)9-14-5-6-18(20)17(10-14)19(3)4;/h5-8,10,20H,9,11H2,1-4H3,(H2,21,22,23);1H. The van der Waals surface area contributed by atoms with E-state index >= 15 is 0 Å². The van der Waals surface area contributed by atoms with Crippen LogP contribution >= 0.6 is 24.6 Å². The van der Waals surface area contributed by atoms with Crippen molar-refractivity contribution in [3.8, 4) is 11.5 Å². The maximum absolute atomic E-state index is 10.9. The van der Waals surface area contributed by atoms with Gasteiger partial charge < -0.3 is 24.5 Å². The van der Waals surface area contributed by atoms with Gasteiger partial charge in [0.15, 0.2) is 6.35 Å². The summed E-state index contributed by atoms with van der Waals surface area (Å²) in [7, 11) is -0.443. The van der Waals surface area contributed by atoms with Gasteiger partial charge in [0, 0.05) is 14.1 Å². The van der Waals surface area contributed by atoms with E-state index in [9.17, 15) is 9.67 Å². The number of anilines is 1. The molecule has 2 rings (SSSR count). The average Bonchev–Trinajstić information content (AvgIpc) is 2.49. The highest BCUT2D eigenvalue weighted by molar-refractivity contribution is 8.93. The summed E-state index contributed by atoms with van der Waals surface area (Å²) in [6, 6.07) is 9.09. The normalized spacial score (nSPS) is 11.0. The van der Waals surface area contributed by atoms with E-state index in [1.807, 2.05) is 45.0 Å². The highest BCUT2D eigenvalue weighted by Gasteiger charge is 2.15. The number of phenols is 1. The van der Waals surface area contributed by atoms with Crippen molar-refractivity contribution in [3.05, 3.63) is 52.6 Å². The number of nitrogens with zero attached hydrogens (tertiary/aromatic N) is 1. The molecule has 0 amide bonds. The minimum atomic E-state index is -4.20. The second-order valence-electron chi connectivity index (χ2n) is 6.37. The van der Waals surface area contributed by atoms with Crippen LogP contribution in [0.4, 0.5) is 5.69 Å². The Kier molecular flexibility index (Phi) is 7.71. The molecular weight excluding hydrogens is 421 g/mol. The molecule has 144 valence electrons. The number of rotatable bonds is 6. The molecule has 8 heteroatoms. The van der Waals surface area contributed by atoms with Crippen LogP contribution in [0.1, 0.15) is 22.3 Å². The van der Waals surface area contributed by atoms with E-state index in [-0.39, 0.29) is 22.7 Å². The molecule has 0 spiro atoms. The summed E-state index contributed by atoms with van der Waals surface area (Å²) in [6.45, 7) is 3.89. The van der Waals surface area contributed by atoms with Crippen LogP contribution in [0.15, 0.2) is 30.3 Å². The number of aryl methyl sites for hydroxylation is 2. The lowest BCUT2D eigenvalue weighted by molar-refractivity contribution is 0.300. The Bertz CT molecular complexity index is 796. The molecule has 0 radical (unpaired) electrons. The van der Waals surface area contributed by atoms with Gasteiger partial charge in [-0.1, -0.05) is 6.07 Å². The summed E-state index contributed by atoms with van der Waals surface area (Å²) in [5.74, 6) is 0.685. The molecule has 0 unspecified atom stereocenters. The largest absolute Gasteiger partial charge is 0.506 e. The monoisotopic (exact) mass is 445 g/mol. The summed E-state index contributed by atoms with van der Waals surface area (Å²) >= 11 is 0. The van der Waals surface area contributed by atoms with E-state index in [0.717, 1.165) is 27.9 Å². The smallest absolute Gasteiger partial charge is 0.362 e. The lowest BCUT2D eigenvalue weighted by Crippen LogP contribution is -2.09. The first-order valence-electron chi connectivity index (χ1n) is 7.83. The van der Waals surface area contributed by atoms with Crippen LogP contribution in [0.5, 0.6) is 11.5 Å². The fourth-order valence-electron chi connectivity index (χ4n) is 2.72. The van der Waals surface area contributed by atoms with Crippen LogP contribution in [-0.2, 0) is 11.0 Å². The molecule has 0 saturated carbocycles. The molecule has 3 N–H and O–H groups in total. The molecule has 6 nitrogen and oxygen atoms in total. The topological polar surface area (TPSA) is 90.2 Å². The number of ether oxygens (including phenoxy) is 1. The van der Waals surface area contributed by atoms with E-state index in [2.05, 4.69) is 0 Å². The van der Waals surface area contributed by atoms with Crippen LogP contribution in [0.25, 0.3) is 0 Å². The number of hydrogen-bond donors (Lipinski definition) is 3. The number of halogens is 1. The van der Waals surface area contributed by atoms with Gasteiger partial charge in [-0.25, -0.2) is 0 Å². The zero-order chi connectivity index (χ0) is 18.8. The molecule has 0 heterocycles. The molecule has 0 aliphatic heterocycles. The Balaban J connectivity index is 0.00000338. The van der Waals surface area contributed by atoms with Gasteiger partial charge in [-0.15, -0.1) is 17.0 Å². The van der Waals surface area contributed by atoms with Crippen molar-refractivity contribution in [2.75, 3.05) is 25.3 Å². The molecular formula is C18H25BrNO5P. The number of phenolic OH excluding ortho intramolecular Hbond substituents is 1. The highest BCUT2D eigenvalue weighted by Crippen LogP contribution is 2.35. The minimum absolute atomic E-state index is 0. The summed E-state index contributed by atoms with van der Waals surface area (Å²) in [5, 5.41) is 9.92. The quantitative estimate of drug-likeness (QED) is 0.586. The molecule has 0 fully saturated rings. The van der Waals surface area contributed by atoms with Crippen molar-refractivity contribution in [1.82, 2.24) is 0 Å². The zero-order valence-corrected chi connectivity index (χ0v) is 17.9. The van der Waals surface area contributed by atoms with Crippen LogP contribution in [-0.4, -0.2) is 35.3 Å². The molecule has 0 aromatic heterocycles. The second kappa shape index (κ2) is 8.91. The number of hydrogen-bond acceptors (Lipinski definition) is 4. The minimum Gasteiger partial charge on any atom is -0.506 e. The predicted molar refractivity (Wildman–Crippen MR) is 109 cm³/mol. The molecule has 0 bridgehead atoms. The Morgan fingerprint density at radius 1 is 1.08 bits per heavy atom. The van der Waals surface area contributed by atoms with Gasteiger partial charge in [-0.05, 0) is 66.8 Å². The lowest BCUT2D eigenvalue weighted by atomic mass is 9.95. The van der Waals surface area contributed by atoms with E-state index in [1.54, 1.807) is 18.2 Å². The Morgan fingerprint density at radius 2 is 1.65 bits per heavy atom. The molecule has 2 aromatic rings. The van der Waals surface area contributed by atoms with Gasteiger partial charge in [0.05, 0.1) is 5.69 Å². The first-order chi connectivity index (χ1) is 11.6. The van der Waals surface area contributed by atoms with Gasteiger partial charge in [0.1, 0.15) is 11.5 Å². The first kappa shape index (κ1) is 22.5. The second-order valence-corrected chi connectivity index (χ2v) is 7.96. The van der Waals surface area contributed by atoms with E-state index < -0.39 is 13.9 Å². The number of benzene rings is 2. The summed E-state index contributed by atoms with van der Waals surface area (Å²) < 4.78 is 16.1. The van der Waals surface area contributed by atoms with Crippen LogP contribution in [0.2, 0.25) is 0 Å². The van der Waals surface area contributed by atoms with Crippen LogP contribution in [0.3, 0.4) is 0 Å². The van der Waals surface area contributed by atoms with Gasteiger partial charge in [0.25, 0.3) is 0 Å². The fraction of sp³-hybridized carbons (Fsp3) is 0.333.